The van der Waals surface area contributed by atoms with Crippen molar-refractivity contribution in [3.63, 3.8) is 0 Å². The molecule has 0 aliphatic heterocycles. The average Bonchev–Trinajstić information content (AvgIpc) is 3.06. The molecule has 0 aliphatic carbocycles. The fraction of sp³-hybridized carbons (Fsp3) is 0.588. The van der Waals surface area contributed by atoms with Crippen molar-refractivity contribution in [2.24, 2.45) is 0 Å². The second kappa shape index (κ2) is 8.53. The maximum Gasteiger partial charge on any atom is 0.343 e. The summed E-state index contributed by atoms with van der Waals surface area (Å²) in [4.78, 5) is 24.4. The third-order valence-electron chi connectivity index (χ3n) is 4.14. The summed E-state index contributed by atoms with van der Waals surface area (Å²) >= 11 is 1.29. The zero-order chi connectivity index (χ0) is 18.6. The van der Waals surface area contributed by atoms with Gasteiger partial charge in [-0.15, -0.1) is 5.10 Å². The number of hydrogen-bond acceptors (Lipinski definition) is 5. The topological polar surface area (TPSA) is 81.9 Å². The van der Waals surface area contributed by atoms with E-state index in [-0.39, 0.29) is 23.3 Å². The molecule has 1 atom stereocenters. The number of nitrogens with zero attached hydrogens (tertiary/aromatic N) is 3. The Balaban J connectivity index is 2.14. The van der Waals surface area contributed by atoms with Crippen LogP contribution >= 0.6 is 11.8 Å². The molecule has 1 N–H and O–H groups in total. The van der Waals surface area contributed by atoms with Gasteiger partial charge in [0.1, 0.15) is 0 Å². The van der Waals surface area contributed by atoms with E-state index in [2.05, 4.69) is 21.7 Å². The first-order chi connectivity index (χ1) is 11.9. The summed E-state index contributed by atoms with van der Waals surface area (Å²) in [5, 5.41) is 7.02. The minimum absolute atomic E-state index is 0.0347. The predicted molar refractivity (Wildman–Crippen MR) is 98.7 cm³/mol. The summed E-state index contributed by atoms with van der Waals surface area (Å²) in [6, 6.07) is 2.09. The minimum atomic E-state index is -0.233. The Kier molecular flexibility index (Phi) is 6.66. The smallest absolute Gasteiger partial charge is 0.343 e. The zero-order valence-corrected chi connectivity index (χ0v) is 16.3. The quantitative estimate of drug-likeness (QED) is 0.545. The van der Waals surface area contributed by atoms with Crippen molar-refractivity contribution in [1.29, 1.82) is 0 Å². The molecule has 8 heteroatoms. The molecule has 0 saturated heterocycles. The highest BCUT2D eigenvalue weighted by molar-refractivity contribution is 7.99. The number of aromatic amines is 1. The monoisotopic (exact) mass is 366 g/mol. The summed E-state index contributed by atoms with van der Waals surface area (Å²) in [6.07, 6.45) is 0.833. The Morgan fingerprint density at radius 3 is 2.80 bits per heavy atom. The van der Waals surface area contributed by atoms with Crippen LogP contribution in [0.2, 0.25) is 0 Å². The third-order valence-corrected chi connectivity index (χ3v) is 5.11. The number of hydrogen-bond donors (Lipinski definition) is 1. The lowest BCUT2D eigenvalue weighted by atomic mass is 10.2. The Morgan fingerprint density at radius 2 is 2.16 bits per heavy atom. The summed E-state index contributed by atoms with van der Waals surface area (Å²) in [6.45, 7) is 9.20. The van der Waals surface area contributed by atoms with Gasteiger partial charge in [-0.05, 0) is 33.3 Å². The molecule has 0 spiro atoms. The van der Waals surface area contributed by atoms with Gasteiger partial charge in [-0.2, -0.15) is 0 Å². The molecule has 0 radical (unpaired) electrons. The standard InChI is InChI=1S/C17H26N4O3S/c1-6-7-20-16(23)18-19-17(20)25-10-15(22)14-8-11(2)21(13(14)4)12(3)9-24-5/h8,12H,6-7,9-10H2,1-5H3,(H,18,23). The number of aryl methyl sites for hydroxylation is 1. The lowest BCUT2D eigenvalue weighted by Crippen LogP contribution is -2.17. The van der Waals surface area contributed by atoms with Crippen LogP contribution in [0.4, 0.5) is 0 Å². The van der Waals surface area contributed by atoms with Gasteiger partial charge in [0.15, 0.2) is 10.9 Å². The van der Waals surface area contributed by atoms with Crippen molar-refractivity contribution >= 4 is 17.5 Å². The number of aromatic nitrogens is 4. The van der Waals surface area contributed by atoms with E-state index in [4.69, 9.17) is 4.74 Å². The largest absolute Gasteiger partial charge is 0.383 e. The van der Waals surface area contributed by atoms with E-state index in [0.29, 0.717) is 23.9 Å². The van der Waals surface area contributed by atoms with Crippen molar-refractivity contribution < 1.29 is 9.53 Å². The molecule has 2 aromatic rings. The first-order valence-electron chi connectivity index (χ1n) is 8.39. The Hall–Kier alpha value is -1.80. The van der Waals surface area contributed by atoms with E-state index in [1.807, 2.05) is 26.8 Å². The number of Topliss-reactive ketones (excluding diaryl/α,β-unsaturated/α-hetero) is 1. The number of nitrogens with one attached hydrogen (secondary N) is 1. The van der Waals surface area contributed by atoms with Crippen molar-refractivity contribution in [2.75, 3.05) is 19.5 Å². The highest BCUT2D eigenvalue weighted by Gasteiger charge is 2.20. The van der Waals surface area contributed by atoms with Crippen LogP contribution in [-0.2, 0) is 11.3 Å². The van der Waals surface area contributed by atoms with Gasteiger partial charge < -0.3 is 9.30 Å². The van der Waals surface area contributed by atoms with Crippen LogP contribution in [0, 0.1) is 13.8 Å². The van der Waals surface area contributed by atoms with E-state index in [1.54, 1.807) is 11.7 Å². The fourth-order valence-electron chi connectivity index (χ4n) is 3.10. The molecule has 0 aromatic carbocycles. The number of methoxy groups -OCH3 is 1. The molecular weight excluding hydrogens is 340 g/mol. The molecule has 2 rings (SSSR count). The second-order valence-electron chi connectivity index (χ2n) is 6.13. The van der Waals surface area contributed by atoms with Gasteiger partial charge in [0.2, 0.25) is 0 Å². The number of carbonyl (C=O) groups is 1. The average molecular weight is 366 g/mol. The van der Waals surface area contributed by atoms with E-state index >= 15 is 0 Å². The van der Waals surface area contributed by atoms with Crippen molar-refractivity contribution in [3.05, 3.63) is 33.5 Å². The SMILES string of the molecule is CCCn1c(SCC(=O)c2cc(C)n(C(C)COC)c2C)n[nH]c1=O. The minimum Gasteiger partial charge on any atom is -0.383 e. The molecule has 0 aliphatic rings. The van der Waals surface area contributed by atoms with E-state index in [9.17, 15) is 9.59 Å². The van der Waals surface area contributed by atoms with E-state index < -0.39 is 0 Å². The Morgan fingerprint density at radius 1 is 1.44 bits per heavy atom. The maximum absolute atomic E-state index is 12.7. The van der Waals surface area contributed by atoms with Gasteiger partial charge in [-0.1, -0.05) is 18.7 Å². The Labute approximate surface area is 151 Å². The highest BCUT2D eigenvalue weighted by Crippen LogP contribution is 2.23. The van der Waals surface area contributed by atoms with Crippen LogP contribution in [0.15, 0.2) is 16.0 Å². The second-order valence-corrected chi connectivity index (χ2v) is 7.08. The number of ether oxygens (including phenoxy) is 1. The van der Waals surface area contributed by atoms with Gasteiger partial charge in [0.05, 0.1) is 18.4 Å². The molecule has 138 valence electrons. The first-order valence-corrected chi connectivity index (χ1v) is 9.37. The Bertz CT molecular complexity index is 790. The van der Waals surface area contributed by atoms with Gasteiger partial charge in [-0.25, -0.2) is 9.89 Å². The van der Waals surface area contributed by atoms with Crippen LogP contribution in [0.1, 0.15) is 48.1 Å². The summed E-state index contributed by atoms with van der Waals surface area (Å²) in [5.74, 6) is 0.282. The third kappa shape index (κ3) is 4.24. The normalized spacial score (nSPS) is 12.5. The van der Waals surface area contributed by atoms with Crippen LogP contribution in [0.25, 0.3) is 0 Å². The molecule has 0 saturated carbocycles. The molecule has 0 fully saturated rings. The number of H-pyrrole nitrogens is 1. The molecule has 1 unspecified atom stereocenters. The number of carbonyl (C=O) groups excluding carboxylic acids is 1. The lowest BCUT2D eigenvalue weighted by Gasteiger charge is -2.17. The van der Waals surface area contributed by atoms with Gasteiger partial charge in [0, 0.05) is 30.6 Å². The molecule has 2 heterocycles. The van der Waals surface area contributed by atoms with Gasteiger partial charge in [0.25, 0.3) is 0 Å². The van der Waals surface area contributed by atoms with Crippen molar-refractivity contribution in [3.8, 4) is 0 Å². The van der Waals surface area contributed by atoms with Gasteiger partial charge >= 0.3 is 5.69 Å². The summed E-state index contributed by atoms with van der Waals surface area (Å²) < 4.78 is 8.93. The molecule has 25 heavy (non-hydrogen) atoms. The summed E-state index contributed by atoms with van der Waals surface area (Å²) in [7, 11) is 1.67. The maximum atomic E-state index is 12.7. The zero-order valence-electron chi connectivity index (χ0n) is 15.5. The highest BCUT2D eigenvalue weighted by atomic mass is 32.2. The number of ketones is 1. The van der Waals surface area contributed by atoms with E-state index in [0.717, 1.165) is 17.8 Å². The first kappa shape index (κ1) is 19.5. The molecule has 2 aromatic heterocycles. The predicted octanol–water partition coefficient (Wildman–Crippen LogP) is 2.58. The van der Waals surface area contributed by atoms with Crippen LogP contribution in [0.5, 0.6) is 0 Å². The van der Waals surface area contributed by atoms with Gasteiger partial charge in [-0.3, -0.25) is 9.36 Å². The summed E-state index contributed by atoms with van der Waals surface area (Å²) in [5.41, 5.74) is 2.47. The van der Waals surface area contributed by atoms with Crippen LogP contribution in [-0.4, -0.2) is 44.6 Å². The van der Waals surface area contributed by atoms with E-state index in [1.165, 1.54) is 11.8 Å². The molecule has 0 amide bonds. The molecular formula is C17H26N4O3S. The molecule has 7 nitrogen and oxygen atoms in total. The number of thioether (sulfide) groups is 1. The molecule has 0 bridgehead atoms. The van der Waals surface area contributed by atoms with Crippen LogP contribution < -0.4 is 5.69 Å². The fourth-order valence-corrected chi connectivity index (χ4v) is 3.95. The van der Waals surface area contributed by atoms with Crippen molar-refractivity contribution in [2.45, 2.75) is 51.9 Å². The lowest BCUT2D eigenvalue weighted by molar-refractivity contribution is 0.102. The number of rotatable bonds is 9. The van der Waals surface area contributed by atoms with Crippen molar-refractivity contribution in [1.82, 2.24) is 19.3 Å². The van der Waals surface area contributed by atoms with Crippen LogP contribution in [0.3, 0.4) is 0 Å².